The molecule has 0 fully saturated rings. The highest BCUT2D eigenvalue weighted by Gasteiger charge is 2.22. The molecule has 0 aliphatic heterocycles. The Kier molecular flexibility index (Phi) is 12.4. The van der Waals surface area contributed by atoms with Crippen molar-refractivity contribution in [1.29, 1.82) is 0 Å². The average Bonchev–Trinajstić information content (AvgIpc) is 2.59. The highest BCUT2D eigenvalue weighted by atomic mass is 31.2. The second-order valence-electron chi connectivity index (χ2n) is 6.46. The van der Waals surface area contributed by atoms with E-state index < -0.39 is 19.1 Å². The van der Waals surface area contributed by atoms with E-state index in [1.54, 1.807) is 13.8 Å². The molecule has 0 saturated heterocycles. The first-order chi connectivity index (χ1) is 12.6. The third-order valence-corrected chi connectivity index (χ3v) is 6.99. The van der Waals surface area contributed by atoms with Crippen molar-refractivity contribution in [2.45, 2.75) is 40.0 Å². The highest BCUT2D eigenvalue weighted by Crippen LogP contribution is 2.47. The standard InChI is InChI=1S/C19H31O7P/c1-15(2)18(21)25-10-7-13-27(23,12-6-9-24-17(5)20)14-8-11-26-19(22)16(3)4/h1,3,6-14H2,2,4-5H3. The molecule has 0 bridgehead atoms. The van der Waals surface area contributed by atoms with Crippen LogP contribution in [0.1, 0.15) is 40.0 Å². The fourth-order valence-electron chi connectivity index (χ4n) is 2.19. The van der Waals surface area contributed by atoms with Crippen LogP contribution >= 0.6 is 7.14 Å². The molecular weight excluding hydrogens is 371 g/mol. The molecule has 0 aromatic carbocycles. The summed E-state index contributed by atoms with van der Waals surface area (Å²) >= 11 is 0. The number of hydrogen-bond donors (Lipinski definition) is 0. The van der Waals surface area contributed by atoms with Crippen molar-refractivity contribution in [2.24, 2.45) is 0 Å². The fraction of sp³-hybridized carbons (Fsp3) is 0.632. The van der Waals surface area contributed by atoms with E-state index in [2.05, 4.69) is 13.2 Å². The maximum atomic E-state index is 13.2. The van der Waals surface area contributed by atoms with Gasteiger partial charge in [0.1, 0.15) is 0 Å². The van der Waals surface area contributed by atoms with E-state index in [9.17, 15) is 18.9 Å². The third kappa shape index (κ3) is 13.0. The second-order valence-corrected chi connectivity index (χ2v) is 9.92. The highest BCUT2D eigenvalue weighted by molar-refractivity contribution is 7.63. The molecule has 8 heteroatoms. The summed E-state index contributed by atoms with van der Waals surface area (Å²) in [7, 11) is -2.57. The monoisotopic (exact) mass is 402 g/mol. The molecular formula is C19H31O7P. The zero-order valence-electron chi connectivity index (χ0n) is 16.6. The van der Waals surface area contributed by atoms with E-state index in [1.165, 1.54) is 6.92 Å². The molecule has 0 aliphatic carbocycles. The largest absolute Gasteiger partial charge is 0.466 e. The Morgan fingerprint density at radius 3 is 1.33 bits per heavy atom. The number of rotatable bonds is 14. The molecule has 0 heterocycles. The van der Waals surface area contributed by atoms with Crippen LogP contribution in [0.4, 0.5) is 0 Å². The van der Waals surface area contributed by atoms with E-state index in [-0.39, 0.29) is 25.8 Å². The minimum Gasteiger partial charge on any atom is -0.466 e. The maximum Gasteiger partial charge on any atom is 0.333 e. The first-order valence-corrected chi connectivity index (χ1v) is 11.2. The van der Waals surface area contributed by atoms with Gasteiger partial charge in [0, 0.05) is 36.6 Å². The van der Waals surface area contributed by atoms with Gasteiger partial charge in [-0.05, 0) is 33.1 Å². The number of carbonyl (C=O) groups excluding carboxylic acids is 3. The van der Waals surface area contributed by atoms with Gasteiger partial charge >= 0.3 is 17.9 Å². The summed E-state index contributed by atoms with van der Waals surface area (Å²) < 4.78 is 28.1. The lowest BCUT2D eigenvalue weighted by Gasteiger charge is -2.18. The van der Waals surface area contributed by atoms with Gasteiger partial charge in [-0.15, -0.1) is 0 Å². The topological polar surface area (TPSA) is 96.0 Å². The van der Waals surface area contributed by atoms with Crippen LogP contribution < -0.4 is 0 Å². The van der Waals surface area contributed by atoms with E-state index >= 15 is 0 Å². The number of esters is 3. The lowest BCUT2D eigenvalue weighted by atomic mass is 10.4. The van der Waals surface area contributed by atoms with E-state index in [0.717, 1.165) is 0 Å². The van der Waals surface area contributed by atoms with E-state index in [4.69, 9.17) is 14.2 Å². The Morgan fingerprint density at radius 1 is 0.704 bits per heavy atom. The summed E-state index contributed by atoms with van der Waals surface area (Å²) in [6.07, 6.45) is 2.66. The van der Waals surface area contributed by atoms with Gasteiger partial charge in [-0.1, -0.05) is 13.2 Å². The molecule has 27 heavy (non-hydrogen) atoms. The quantitative estimate of drug-likeness (QED) is 0.145. The fourth-order valence-corrected chi connectivity index (χ4v) is 4.97. The Morgan fingerprint density at radius 2 is 1.04 bits per heavy atom. The van der Waals surface area contributed by atoms with Gasteiger partial charge in [-0.25, -0.2) is 9.59 Å². The minimum atomic E-state index is -2.57. The van der Waals surface area contributed by atoms with Crippen molar-refractivity contribution in [1.82, 2.24) is 0 Å². The molecule has 0 aromatic rings. The molecule has 154 valence electrons. The first-order valence-electron chi connectivity index (χ1n) is 8.93. The molecule has 0 spiro atoms. The van der Waals surface area contributed by atoms with Crippen molar-refractivity contribution in [3.8, 4) is 0 Å². The summed E-state index contributed by atoms with van der Waals surface area (Å²) in [5, 5.41) is 0. The second kappa shape index (κ2) is 13.3. The molecule has 0 N–H and O–H groups in total. The average molecular weight is 402 g/mol. The van der Waals surface area contributed by atoms with E-state index in [0.29, 0.717) is 48.9 Å². The summed E-state index contributed by atoms with van der Waals surface area (Å²) in [6.45, 7) is 12.0. The van der Waals surface area contributed by atoms with Crippen molar-refractivity contribution >= 4 is 25.0 Å². The third-order valence-electron chi connectivity index (χ3n) is 3.60. The summed E-state index contributed by atoms with van der Waals surface area (Å²) in [5.41, 5.74) is 0.637. The van der Waals surface area contributed by atoms with Gasteiger partial charge in [0.25, 0.3) is 0 Å². The Bertz CT molecular complexity index is 557. The van der Waals surface area contributed by atoms with Crippen LogP contribution in [0.15, 0.2) is 24.3 Å². The van der Waals surface area contributed by atoms with E-state index in [1.807, 2.05) is 0 Å². The molecule has 0 amide bonds. The minimum absolute atomic E-state index is 0.171. The van der Waals surface area contributed by atoms with Crippen LogP contribution in [0.5, 0.6) is 0 Å². The molecule has 0 rings (SSSR count). The zero-order chi connectivity index (χ0) is 20.9. The SMILES string of the molecule is C=C(C)C(=O)OCCCP(=O)(CCCOC(C)=O)CCCOC(=O)C(=C)C. The van der Waals surface area contributed by atoms with Crippen LogP contribution in [0, 0.1) is 0 Å². The summed E-state index contributed by atoms with van der Waals surface area (Å²) in [6, 6.07) is 0. The van der Waals surface area contributed by atoms with Crippen molar-refractivity contribution in [2.75, 3.05) is 38.3 Å². The number of ether oxygens (including phenoxy) is 3. The molecule has 0 aromatic heterocycles. The Hall–Kier alpha value is -1.88. The summed E-state index contributed by atoms with van der Waals surface area (Å²) in [5.74, 6) is -1.30. The normalized spacial score (nSPS) is 10.8. The van der Waals surface area contributed by atoms with Gasteiger partial charge in [-0.3, -0.25) is 4.79 Å². The predicted octanol–water partition coefficient (Wildman–Crippen LogP) is 3.32. The van der Waals surface area contributed by atoms with Crippen LogP contribution in [0.3, 0.4) is 0 Å². The molecule has 0 aliphatic rings. The molecule has 0 radical (unpaired) electrons. The van der Waals surface area contributed by atoms with Gasteiger partial charge in [0.05, 0.1) is 27.0 Å². The lowest BCUT2D eigenvalue weighted by molar-refractivity contribution is -0.141. The first kappa shape index (κ1) is 25.1. The van der Waals surface area contributed by atoms with Crippen LogP contribution in [0.25, 0.3) is 0 Å². The Labute approximate surface area is 161 Å². The predicted molar refractivity (Wildman–Crippen MR) is 104 cm³/mol. The van der Waals surface area contributed by atoms with Gasteiger partial charge in [-0.2, -0.15) is 0 Å². The lowest BCUT2D eigenvalue weighted by Crippen LogP contribution is -2.12. The van der Waals surface area contributed by atoms with Gasteiger partial charge in [0.2, 0.25) is 0 Å². The summed E-state index contributed by atoms with van der Waals surface area (Å²) in [4.78, 5) is 33.6. The molecule has 0 saturated carbocycles. The smallest absolute Gasteiger partial charge is 0.333 e. The Balaban J connectivity index is 4.46. The van der Waals surface area contributed by atoms with Crippen molar-refractivity contribution in [3.05, 3.63) is 24.3 Å². The number of hydrogen-bond acceptors (Lipinski definition) is 7. The zero-order valence-corrected chi connectivity index (χ0v) is 17.5. The van der Waals surface area contributed by atoms with Crippen molar-refractivity contribution in [3.63, 3.8) is 0 Å². The molecule has 0 atom stereocenters. The van der Waals surface area contributed by atoms with Crippen molar-refractivity contribution < 1.29 is 33.2 Å². The van der Waals surface area contributed by atoms with Gasteiger partial charge < -0.3 is 18.8 Å². The molecule has 0 unspecified atom stereocenters. The van der Waals surface area contributed by atoms with Gasteiger partial charge in [0.15, 0.2) is 0 Å². The molecule has 7 nitrogen and oxygen atoms in total. The van der Waals surface area contributed by atoms with Crippen LogP contribution in [0.2, 0.25) is 0 Å². The van der Waals surface area contributed by atoms with Crippen LogP contribution in [-0.4, -0.2) is 56.2 Å². The maximum absolute atomic E-state index is 13.2. The van der Waals surface area contributed by atoms with Crippen LogP contribution in [-0.2, 0) is 33.2 Å². The number of carbonyl (C=O) groups is 3.